The van der Waals surface area contributed by atoms with Crippen LogP contribution in [0, 0.1) is 5.92 Å². The van der Waals surface area contributed by atoms with Crippen LogP contribution in [0.5, 0.6) is 0 Å². The Kier molecular flexibility index (Phi) is 3.28. The van der Waals surface area contributed by atoms with Gasteiger partial charge in [0.05, 0.1) is 11.5 Å². The Morgan fingerprint density at radius 3 is 2.26 bits per heavy atom. The Labute approximate surface area is 181 Å². The molecule has 1 aliphatic carbocycles. The molecule has 3 atom stereocenters. The molecule has 2 heterocycles. The maximum Gasteiger partial charge on any atom is 0.259 e. The molecule has 31 heavy (non-hydrogen) atoms. The third-order valence-electron chi connectivity index (χ3n) is 7.64. The highest BCUT2D eigenvalue weighted by atomic mass is 16.2. The molecule has 7 rings (SSSR count). The lowest BCUT2D eigenvalue weighted by Crippen LogP contribution is -2.48. The summed E-state index contributed by atoms with van der Waals surface area (Å²) in [6.45, 7) is 0. The van der Waals surface area contributed by atoms with Crippen LogP contribution in [0.15, 0.2) is 103 Å². The third kappa shape index (κ3) is 1.96. The normalized spacial score (nSPS) is 24.8. The predicted molar refractivity (Wildman–Crippen MR) is 122 cm³/mol. The van der Waals surface area contributed by atoms with Gasteiger partial charge < -0.3 is 4.90 Å². The molecule has 0 fully saturated rings. The minimum absolute atomic E-state index is 0.0335. The van der Waals surface area contributed by atoms with Gasteiger partial charge in [-0.25, -0.2) is 0 Å². The molecule has 0 aromatic heterocycles. The Bertz CT molecular complexity index is 1360. The van der Waals surface area contributed by atoms with Crippen LogP contribution in [0.1, 0.15) is 44.2 Å². The summed E-state index contributed by atoms with van der Waals surface area (Å²) in [6.07, 6.45) is 0.960. The standard InChI is InChI=1S/C29H21NO/c31-28-22-14-6-5-13-21(22)27-25-18-19-10-4-7-15-23(19)29(25,20-11-2-1-3-12-20)24-16-8-9-17-26(24)30(27)28/h1-17,25,27H,18H2/t25-,27+,29+/m1/s1. The average Bonchev–Trinajstić information content (AvgIpc) is 3.34. The smallest absolute Gasteiger partial charge is 0.259 e. The number of anilines is 1. The number of carbonyl (C=O) groups is 1. The van der Waals surface area contributed by atoms with Crippen LogP contribution in [-0.4, -0.2) is 5.91 Å². The molecule has 0 saturated carbocycles. The van der Waals surface area contributed by atoms with Gasteiger partial charge in [0, 0.05) is 17.2 Å². The second-order valence-corrected chi connectivity index (χ2v) is 8.87. The summed E-state index contributed by atoms with van der Waals surface area (Å²) < 4.78 is 0. The van der Waals surface area contributed by atoms with E-state index in [-0.39, 0.29) is 23.3 Å². The van der Waals surface area contributed by atoms with Crippen LogP contribution in [0.3, 0.4) is 0 Å². The van der Waals surface area contributed by atoms with E-state index in [4.69, 9.17) is 0 Å². The lowest BCUT2D eigenvalue weighted by atomic mass is 9.60. The van der Waals surface area contributed by atoms with Crippen molar-refractivity contribution in [3.8, 4) is 0 Å². The molecule has 0 unspecified atom stereocenters. The van der Waals surface area contributed by atoms with E-state index in [0.29, 0.717) is 0 Å². The van der Waals surface area contributed by atoms with Gasteiger partial charge in [0.1, 0.15) is 0 Å². The first kappa shape index (κ1) is 17.1. The summed E-state index contributed by atoms with van der Waals surface area (Å²) in [7, 11) is 0. The van der Waals surface area contributed by atoms with E-state index in [1.165, 1.54) is 27.8 Å². The first-order chi connectivity index (χ1) is 15.3. The second-order valence-electron chi connectivity index (χ2n) is 8.87. The minimum Gasteiger partial charge on any atom is -0.300 e. The van der Waals surface area contributed by atoms with Crippen LogP contribution >= 0.6 is 0 Å². The van der Waals surface area contributed by atoms with Crippen LogP contribution in [0.2, 0.25) is 0 Å². The molecule has 2 nitrogen and oxygen atoms in total. The van der Waals surface area contributed by atoms with E-state index in [1.54, 1.807) is 0 Å². The van der Waals surface area contributed by atoms with E-state index < -0.39 is 0 Å². The Balaban J connectivity index is 1.64. The van der Waals surface area contributed by atoms with Crippen molar-refractivity contribution in [3.05, 3.63) is 137 Å². The highest BCUT2D eigenvalue weighted by Gasteiger charge is 2.60. The van der Waals surface area contributed by atoms with Gasteiger partial charge in [-0.1, -0.05) is 91.0 Å². The molecular weight excluding hydrogens is 378 g/mol. The van der Waals surface area contributed by atoms with E-state index in [0.717, 1.165) is 17.7 Å². The van der Waals surface area contributed by atoms with E-state index in [1.807, 2.05) is 12.1 Å². The first-order valence-corrected chi connectivity index (χ1v) is 11.0. The molecule has 0 bridgehead atoms. The summed E-state index contributed by atoms with van der Waals surface area (Å²) in [5.74, 6) is 0.375. The molecule has 2 heteroatoms. The molecule has 3 aliphatic rings. The molecular formula is C29H21NO. The topological polar surface area (TPSA) is 20.3 Å². The highest BCUT2D eigenvalue weighted by molar-refractivity contribution is 6.12. The largest absolute Gasteiger partial charge is 0.300 e. The maximum atomic E-state index is 13.6. The fraction of sp³-hybridized carbons (Fsp3) is 0.138. The zero-order valence-electron chi connectivity index (χ0n) is 17.0. The van der Waals surface area contributed by atoms with Gasteiger partial charge in [-0.3, -0.25) is 4.79 Å². The fourth-order valence-corrected chi connectivity index (χ4v) is 6.61. The number of hydrogen-bond acceptors (Lipinski definition) is 1. The van der Waals surface area contributed by atoms with Gasteiger partial charge in [0.2, 0.25) is 0 Å². The molecule has 0 radical (unpaired) electrons. The Morgan fingerprint density at radius 2 is 1.39 bits per heavy atom. The summed E-state index contributed by atoms with van der Waals surface area (Å²) in [5.41, 5.74) is 8.13. The van der Waals surface area contributed by atoms with Gasteiger partial charge in [-0.15, -0.1) is 0 Å². The van der Waals surface area contributed by atoms with Gasteiger partial charge in [-0.2, -0.15) is 0 Å². The number of benzene rings is 4. The minimum atomic E-state index is -0.270. The number of carbonyl (C=O) groups excluding carboxylic acids is 1. The van der Waals surface area contributed by atoms with Crippen molar-refractivity contribution < 1.29 is 4.79 Å². The highest BCUT2D eigenvalue weighted by Crippen LogP contribution is 2.64. The summed E-state index contributed by atoms with van der Waals surface area (Å²) in [5, 5.41) is 0. The molecule has 1 amide bonds. The average molecular weight is 399 g/mol. The van der Waals surface area contributed by atoms with Gasteiger partial charge in [0.15, 0.2) is 0 Å². The molecule has 0 saturated heterocycles. The summed E-state index contributed by atoms with van der Waals surface area (Å²) in [4.78, 5) is 15.7. The van der Waals surface area contributed by atoms with Gasteiger partial charge in [0.25, 0.3) is 5.91 Å². The zero-order valence-corrected chi connectivity index (χ0v) is 17.0. The van der Waals surface area contributed by atoms with Crippen molar-refractivity contribution in [1.29, 1.82) is 0 Å². The number of fused-ring (bicyclic) bond motifs is 10. The van der Waals surface area contributed by atoms with Crippen molar-refractivity contribution in [2.75, 3.05) is 4.90 Å². The molecule has 4 aromatic carbocycles. The Hall–Kier alpha value is -3.65. The lowest BCUT2D eigenvalue weighted by Gasteiger charge is -2.49. The van der Waals surface area contributed by atoms with Crippen LogP contribution in [-0.2, 0) is 11.8 Å². The van der Waals surface area contributed by atoms with E-state index in [2.05, 4.69) is 95.9 Å². The predicted octanol–water partition coefficient (Wildman–Crippen LogP) is 5.91. The second kappa shape index (κ2) is 5.95. The van der Waals surface area contributed by atoms with Crippen molar-refractivity contribution in [2.24, 2.45) is 5.92 Å². The van der Waals surface area contributed by atoms with E-state index >= 15 is 0 Å². The number of para-hydroxylation sites is 1. The van der Waals surface area contributed by atoms with Crippen molar-refractivity contribution in [2.45, 2.75) is 17.9 Å². The number of nitrogens with zero attached hydrogens (tertiary/aromatic N) is 1. The number of hydrogen-bond donors (Lipinski definition) is 0. The van der Waals surface area contributed by atoms with Gasteiger partial charge >= 0.3 is 0 Å². The van der Waals surface area contributed by atoms with Crippen LogP contribution in [0.4, 0.5) is 5.69 Å². The van der Waals surface area contributed by atoms with Gasteiger partial charge in [-0.05, 0) is 46.4 Å². The van der Waals surface area contributed by atoms with Crippen LogP contribution in [0.25, 0.3) is 0 Å². The van der Waals surface area contributed by atoms with Crippen molar-refractivity contribution >= 4 is 11.6 Å². The number of rotatable bonds is 1. The summed E-state index contributed by atoms with van der Waals surface area (Å²) in [6, 6.07) is 36.6. The SMILES string of the molecule is O=C1c2ccccc2[C@H]2[C@H]3Cc4ccccc4[C@@]3(c3ccccc3)c3ccccc3N12. The molecule has 0 spiro atoms. The maximum absolute atomic E-state index is 13.6. The van der Waals surface area contributed by atoms with Crippen molar-refractivity contribution in [1.82, 2.24) is 0 Å². The molecule has 4 aromatic rings. The lowest BCUT2D eigenvalue weighted by molar-refractivity contribution is 0.0977. The molecule has 2 aliphatic heterocycles. The molecule has 148 valence electrons. The zero-order chi connectivity index (χ0) is 20.6. The Morgan fingerprint density at radius 1 is 0.710 bits per heavy atom. The fourth-order valence-electron chi connectivity index (χ4n) is 6.61. The van der Waals surface area contributed by atoms with Crippen LogP contribution < -0.4 is 4.90 Å². The summed E-state index contributed by atoms with van der Waals surface area (Å²) >= 11 is 0. The monoisotopic (exact) mass is 399 g/mol. The van der Waals surface area contributed by atoms with Crippen molar-refractivity contribution in [3.63, 3.8) is 0 Å². The first-order valence-electron chi connectivity index (χ1n) is 11.0. The molecule has 0 N–H and O–H groups in total. The quantitative estimate of drug-likeness (QED) is 0.390. The van der Waals surface area contributed by atoms with E-state index in [9.17, 15) is 4.79 Å². The number of amides is 1. The third-order valence-corrected chi connectivity index (χ3v) is 7.64.